The van der Waals surface area contributed by atoms with Crippen LogP contribution in [-0.2, 0) is 0 Å². The Morgan fingerprint density at radius 1 is 1.03 bits per heavy atom. The highest BCUT2D eigenvalue weighted by molar-refractivity contribution is 6.22. The first kappa shape index (κ1) is 22.3. The normalized spacial score (nSPS) is 14.9. The molecule has 168 valence electrons. The fraction of sp³-hybridized carbons (Fsp3) is 0.269. The maximum Gasteiger partial charge on any atom is 0.131 e. The Balaban J connectivity index is 1.73. The minimum absolute atomic E-state index is 0.0816. The van der Waals surface area contributed by atoms with Gasteiger partial charge in [-0.15, -0.1) is 0 Å². The molecule has 0 saturated heterocycles. The van der Waals surface area contributed by atoms with Crippen LogP contribution in [0.15, 0.2) is 60.7 Å². The molecule has 0 amide bonds. The van der Waals surface area contributed by atoms with Crippen molar-refractivity contribution in [1.82, 2.24) is 15.0 Å². The van der Waals surface area contributed by atoms with Gasteiger partial charge in [0.15, 0.2) is 0 Å². The molecule has 1 aromatic carbocycles. The SMILES string of the molecule is CC(=N)/C(=C(/C)O)c1ccc(C(=N)c2cnc(C3CC3)nc2)c(N[C@@H](C)c2ccccn2)c1. The van der Waals surface area contributed by atoms with Crippen molar-refractivity contribution in [3.8, 4) is 0 Å². The molecule has 2 heterocycles. The minimum atomic E-state index is -0.120. The van der Waals surface area contributed by atoms with Crippen LogP contribution in [0.25, 0.3) is 5.57 Å². The molecular formula is C26H28N6O. The molecule has 0 radical (unpaired) electrons. The van der Waals surface area contributed by atoms with Gasteiger partial charge in [-0.1, -0.05) is 18.2 Å². The molecule has 7 heteroatoms. The summed E-state index contributed by atoms with van der Waals surface area (Å²) >= 11 is 0. The van der Waals surface area contributed by atoms with Gasteiger partial charge >= 0.3 is 0 Å². The molecule has 0 spiro atoms. The van der Waals surface area contributed by atoms with E-state index in [4.69, 9.17) is 10.8 Å². The largest absolute Gasteiger partial charge is 0.512 e. The van der Waals surface area contributed by atoms with Gasteiger partial charge in [-0.25, -0.2) is 9.97 Å². The molecule has 33 heavy (non-hydrogen) atoms. The van der Waals surface area contributed by atoms with E-state index in [0.29, 0.717) is 39.6 Å². The number of hydrogen-bond acceptors (Lipinski definition) is 7. The molecule has 4 rings (SSSR count). The minimum Gasteiger partial charge on any atom is -0.512 e. The summed E-state index contributed by atoms with van der Waals surface area (Å²) < 4.78 is 0. The highest BCUT2D eigenvalue weighted by atomic mass is 16.3. The van der Waals surface area contributed by atoms with Crippen LogP contribution in [0.4, 0.5) is 5.69 Å². The Kier molecular flexibility index (Phi) is 6.31. The second kappa shape index (κ2) is 9.32. The third-order valence-corrected chi connectivity index (χ3v) is 5.72. The summed E-state index contributed by atoms with van der Waals surface area (Å²) in [5, 5.41) is 30.6. The molecular weight excluding hydrogens is 412 g/mol. The molecule has 1 fully saturated rings. The monoisotopic (exact) mass is 440 g/mol. The summed E-state index contributed by atoms with van der Waals surface area (Å²) in [6, 6.07) is 11.2. The van der Waals surface area contributed by atoms with Crippen LogP contribution in [-0.4, -0.2) is 31.5 Å². The zero-order valence-corrected chi connectivity index (χ0v) is 19.1. The van der Waals surface area contributed by atoms with Crippen LogP contribution < -0.4 is 5.32 Å². The van der Waals surface area contributed by atoms with E-state index >= 15 is 0 Å². The van der Waals surface area contributed by atoms with Crippen molar-refractivity contribution in [2.45, 2.75) is 45.6 Å². The maximum atomic E-state index is 10.2. The van der Waals surface area contributed by atoms with Crippen LogP contribution in [0.2, 0.25) is 0 Å². The number of pyridine rings is 1. The zero-order chi connectivity index (χ0) is 23.5. The first-order valence-electron chi connectivity index (χ1n) is 11.0. The van der Waals surface area contributed by atoms with E-state index in [9.17, 15) is 5.11 Å². The van der Waals surface area contributed by atoms with E-state index in [1.165, 1.54) is 0 Å². The van der Waals surface area contributed by atoms with Gasteiger partial charge in [-0.3, -0.25) is 10.4 Å². The van der Waals surface area contributed by atoms with Crippen LogP contribution in [0.3, 0.4) is 0 Å². The van der Waals surface area contributed by atoms with Gasteiger partial charge < -0.3 is 15.8 Å². The van der Waals surface area contributed by atoms with Crippen molar-refractivity contribution in [3.63, 3.8) is 0 Å². The third kappa shape index (κ3) is 4.98. The van der Waals surface area contributed by atoms with Gasteiger partial charge in [-0.05, 0) is 57.4 Å². The van der Waals surface area contributed by atoms with Crippen molar-refractivity contribution in [2.24, 2.45) is 0 Å². The number of benzene rings is 1. The van der Waals surface area contributed by atoms with Crippen molar-refractivity contribution < 1.29 is 5.11 Å². The fourth-order valence-electron chi connectivity index (χ4n) is 3.85. The van der Waals surface area contributed by atoms with Crippen molar-refractivity contribution in [1.29, 1.82) is 10.8 Å². The Morgan fingerprint density at radius 2 is 1.76 bits per heavy atom. The van der Waals surface area contributed by atoms with Gasteiger partial charge in [0.05, 0.1) is 23.2 Å². The molecule has 7 nitrogen and oxygen atoms in total. The summed E-state index contributed by atoms with van der Waals surface area (Å²) in [4.78, 5) is 13.4. The van der Waals surface area contributed by atoms with Crippen LogP contribution in [0.5, 0.6) is 0 Å². The number of aliphatic hydroxyl groups excluding tert-OH is 1. The molecule has 4 N–H and O–H groups in total. The number of anilines is 1. The summed E-state index contributed by atoms with van der Waals surface area (Å²) in [6.45, 7) is 5.23. The van der Waals surface area contributed by atoms with Crippen LogP contribution in [0, 0.1) is 10.8 Å². The first-order valence-corrected chi connectivity index (χ1v) is 11.0. The molecule has 1 saturated carbocycles. The Bertz CT molecular complexity index is 1210. The zero-order valence-electron chi connectivity index (χ0n) is 19.1. The second-order valence-electron chi connectivity index (χ2n) is 8.45. The topological polar surface area (TPSA) is 119 Å². The lowest BCUT2D eigenvalue weighted by Crippen LogP contribution is -2.14. The van der Waals surface area contributed by atoms with Gasteiger partial charge in [0.25, 0.3) is 0 Å². The Morgan fingerprint density at radius 3 is 2.33 bits per heavy atom. The lowest BCUT2D eigenvalue weighted by atomic mass is 9.95. The predicted molar refractivity (Wildman–Crippen MR) is 131 cm³/mol. The molecule has 0 aliphatic heterocycles. The molecule has 0 unspecified atom stereocenters. The van der Waals surface area contributed by atoms with Gasteiger partial charge in [0.1, 0.15) is 5.82 Å². The summed E-state index contributed by atoms with van der Waals surface area (Å²) in [5.41, 5.74) is 4.65. The highest BCUT2D eigenvalue weighted by Gasteiger charge is 2.26. The van der Waals surface area contributed by atoms with E-state index in [1.54, 1.807) is 32.4 Å². The second-order valence-corrected chi connectivity index (χ2v) is 8.45. The first-order chi connectivity index (χ1) is 15.8. The number of allylic oxidation sites excluding steroid dienone is 2. The van der Waals surface area contributed by atoms with E-state index < -0.39 is 0 Å². The van der Waals surface area contributed by atoms with Crippen molar-refractivity contribution in [2.75, 3.05) is 5.32 Å². The number of nitrogens with zero attached hydrogens (tertiary/aromatic N) is 3. The summed E-state index contributed by atoms with van der Waals surface area (Å²) in [6.07, 6.45) is 7.44. The number of rotatable bonds is 8. The van der Waals surface area contributed by atoms with Gasteiger partial charge in [0, 0.05) is 52.6 Å². The quantitative estimate of drug-likeness (QED) is 0.266. The predicted octanol–water partition coefficient (Wildman–Crippen LogP) is 5.67. The van der Waals surface area contributed by atoms with Crippen molar-refractivity contribution in [3.05, 3.63) is 89.0 Å². The smallest absolute Gasteiger partial charge is 0.131 e. The van der Waals surface area contributed by atoms with Crippen LogP contribution in [0.1, 0.15) is 73.8 Å². The number of aliphatic hydroxyl groups is 1. The molecule has 0 bridgehead atoms. The van der Waals surface area contributed by atoms with E-state index in [0.717, 1.165) is 24.4 Å². The number of aromatic nitrogens is 3. The van der Waals surface area contributed by atoms with E-state index in [1.807, 2.05) is 43.3 Å². The van der Waals surface area contributed by atoms with Gasteiger partial charge in [-0.2, -0.15) is 0 Å². The Hall–Kier alpha value is -3.87. The number of hydrogen-bond donors (Lipinski definition) is 4. The average molecular weight is 441 g/mol. The average Bonchev–Trinajstić information content (AvgIpc) is 3.65. The fourth-order valence-corrected chi connectivity index (χ4v) is 3.85. The van der Waals surface area contributed by atoms with Crippen molar-refractivity contribution >= 4 is 22.7 Å². The molecule has 1 aliphatic carbocycles. The van der Waals surface area contributed by atoms with Crippen LogP contribution >= 0.6 is 0 Å². The Labute approximate surface area is 193 Å². The molecule has 1 atom stereocenters. The molecule has 2 aromatic heterocycles. The lowest BCUT2D eigenvalue weighted by molar-refractivity contribution is 0.418. The molecule has 3 aromatic rings. The summed E-state index contributed by atoms with van der Waals surface area (Å²) in [5.74, 6) is 1.39. The highest BCUT2D eigenvalue weighted by Crippen LogP contribution is 2.37. The van der Waals surface area contributed by atoms with Gasteiger partial charge in [0.2, 0.25) is 0 Å². The lowest BCUT2D eigenvalue weighted by Gasteiger charge is -2.20. The number of nitrogens with one attached hydrogen (secondary N) is 3. The third-order valence-electron chi connectivity index (χ3n) is 5.72. The summed E-state index contributed by atoms with van der Waals surface area (Å²) in [7, 11) is 0. The maximum absolute atomic E-state index is 10.2. The van der Waals surface area contributed by atoms with E-state index in [2.05, 4.69) is 20.3 Å². The standard InChI is InChI=1S/C26H28N6O/c1-15(27)24(17(3)33)19-9-10-21(23(12-19)32-16(2)22-6-4-5-11-29-22)25(28)20-13-30-26(31-14-20)18-7-8-18/h4-6,9-14,16,18,27-28,32-33H,7-8H2,1-3H3/b24-17+,27-15?,28-25?/t16-/m0/s1. The van der Waals surface area contributed by atoms with E-state index in [-0.39, 0.29) is 17.5 Å². The molecule has 1 aliphatic rings.